The van der Waals surface area contributed by atoms with E-state index in [2.05, 4.69) is 64.1 Å². The highest BCUT2D eigenvalue weighted by Gasteiger charge is 2.11. The third-order valence-electron chi connectivity index (χ3n) is 4.68. The Morgan fingerprint density at radius 3 is 1.40 bits per heavy atom. The van der Waals surface area contributed by atoms with Gasteiger partial charge in [-0.1, -0.05) is 58.7 Å². The zero-order valence-corrected chi connectivity index (χ0v) is 18.2. The van der Waals surface area contributed by atoms with Crippen LogP contribution in [0.5, 0.6) is 11.5 Å². The Balaban J connectivity index is 1.79. The van der Waals surface area contributed by atoms with Crippen molar-refractivity contribution in [3.05, 3.63) is 93.5 Å². The molecule has 3 aromatic rings. The molecule has 0 aromatic heterocycles. The second kappa shape index (κ2) is 9.49. The van der Waals surface area contributed by atoms with E-state index in [1.807, 2.05) is 0 Å². The number of benzene rings is 3. The highest BCUT2D eigenvalue weighted by atomic mass is 16.5. The Kier molecular flexibility index (Phi) is 6.78. The maximum absolute atomic E-state index is 12.1. The number of methoxy groups -OCH3 is 1. The molecule has 0 bridgehead atoms. The van der Waals surface area contributed by atoms with Gasteiger partial charge in [-0.2, -0.15) is 0 Å². The van der Waals surface area contributed by atoms with Gasteiger partial charge in [0.15, 0.2) is 0 Å². The van der Waals surface area contributed by atoms with Crippen molar-refractivity contribution in [2.75, 3.05) is 7.11 Å². The van der Waals surface area contributed by atoms with Crippen LogP contribution in [-0.2, 0) is 18.0 Å². The van der Waals surface area contributed by atoms with Crippen molar-refractivity contribution in [3.63, 3.8) is 0 Å². The minimum atomic E-state index is -0.428. The standard InChI is InChI=1S/C26H28O4/c1-17-6-18(2)9-21(8-17)15-29-24-12-23(26(27)28-5)13-25(14-24)30-16-22-10-19(3)7-20(4)11-22/h6-14H,15-16H2,1-5H3. The lowest BCUT2D eigenvalue weighted by Crippen LogP contribution is -2.04. The summed E-state index contributed by atoms with van der Waals surface area (Å²) >= 11 is 0. The van der Waals surface area contributed by atoms with Crippen molar-refractivity contribution < 1.29 is 19.0 Å². The Bertz CT molecular complexity index is 939. The lowest BCUT2D eigenvalue weighted by Gasteiger charge is -2.13. The van der Waals surface area contributed by atoms with Crippen LogP contribution in [0.1, 0.15) is 43.7 Å². The summed E-state index contributed by atoms with van der Waals surface area (Å²) in [5, 5.41) is 0. The van der Waals surface area contributed by atoms with Crippen LogP contribution < -0.4 is 9.47 Å². The number of aryl methyl sites for hydroxylation is 4. The predicted molar refractivity (Wildman–Crippen MR) is 118 cm³/mol. The van der Waals surface area contributed by atoms with E-state index in [-0.39, 0.29) is 0 Å². The third kappa shape index (κ3) is 5.86. The number of ether oxygens (including phenoxy) is 3. The van der Waals surface area contributed by atoms with Crippen LogP contribution in [0.3, 0.4) is 0 Å². The molecule has 3 aromatic carbocycles. The minimum absolute atomic E-state index is 0.394. The van der Waals surface area contributed by atoms with Crippen molar-refractivity contribution in [2.45, 2.75) is 40.9 Å². The van der Waals surface area contributed by atoms with Gasteiger partial charge in [0.25, 0.3) is 0 Å². The van der Waals surface area contributed by atoms with Crippen LogP contribution in [0.4, 0.5) is 0 Å². The van der Waals surface area contributed by atoms with Crippen molar-refractivity contribution in [3.8, 4) is 11.5 Å². The zero-order chi connectivity index (χ0) is 21.7. The molecule has 4 heteroatoms. The molecule has 0 radical (unpaired) electrons. The van der Waals surface area contributed by atoms with E-state index in [0.29, 0.717) is 30.3 Å². The Morgan fingerprint density at radius 1 is 0.633 bits per heavy atom. The largest absolute Gasteiger partial charge is 0.489 e. The molecule has 0 saturated carbocycles. The van der Waals surface area contributed by atoms with Gasteiger partial charge < -0.3 is 14.2 Å². The van der Waals surface area contributed by atoms with E-state index in [1.165, 1.54) is 29.4 Å². The molecule has 0 aliphatic carbocycles. The van der Waals surface area contributed by atoms with Crippen molar-refractivity contribution in [1.82, 2.24) is 0 Å². The summed E-state index contributed by atoms with van der Waals surface area (Å²) in [7, 11) is 1.36. The van der Waals surface area contributed by atoms with E-state index in [0.717, 1.165) is 11.1 Å². The summed E-state index contributed by atoms with van der Waals surface area (Å²) in [6, 6.07) is 17.8. The SMILES string of the molecule is COC(=O)c1cc(OCc2cc(C)cc(C)c2)cc(OCc2cc(C)cc(C)c2)c1. The van der Waals surface area contributed by atoms with E-state index in [1.54, 1.807) is 18.2 Å². The fourth-order valence-electron chi connectivity index (χ4n) is 3.61. The van der Waals surface area contributed by atoms with E-state index >= 15 is 0 Å². The number of hydrogen-bond donors (Lipinski definition) is 0. The van der Waals surface area contributed by atoms with Crippen molar-refractivity contribution in [2.24, 2.45) is 0 Å². The molecule has 0 fully saturated rings. The summed E-state index contributed by atoms with van der Waals surface area (Å²) in [6.07, 6.45) is 0. The first-order valence-corrected chi connectivity index (χ1v) is 9.96. The molecule has 0 heterocycles. The molecule has 156 valence electrons. The third-order valence-corrected chi connectivity index (χ3v) is 4.68. The van der Waals surface area contributed by atoms with Gasteiger partial charge in [-0.05, 0) is 51.0 Å². The topological polar surface area (TPSA) is 44.8 Å². The van der Waals surface area contributed by atoms with Crippen LogP contribution in [0.25, 0.3) is 0 Å². The van der Waals surface area contributed by atoms with E-state index < -0.39 is 5.97 Å². The van der Waals surface area contributed by atoms with Gasteiger partial charge in [-0.3, -0.25) is 0 Å². The number of carbonyl (C=O) groups excluding carboxylic acids is 1. The van der Waals surface area contributed by atoms with Gasteiger partial charge in [-0.15, -0.1) is 0 Å². The molecule has 30 heavy (non-hydrogen) atoms. The van der Waals surface area contributed by atoms with Gasteiger partial charge in [0.2, 0.25) is 0 Å². The van der Waals surface area contributed by atoms with Gasteiger partial charge in [0.1, 0.15) is 24.7 Å². The van der Waals surface area contributed by atoms with Crippen LogP contribution in [0, 0.1) is 27.7 Å². The Morgan fingerprint density at radius 2 is 1.03 bits per heavy atom. The lowest BCUT2D eigenvalue weighted by molar-refractivity contribution is 0.0599. The fourth-order valence-corrected chi connectivity index (χ4v) is 3.61. The maximum Gasteiger partial charge on any atom is 0.338 e. The average Bonchev–Trinajstić information content (AvgIpc) is 2.68. The number of hydrogen-bond acceptors (Lipinski definition) is 4. The van der Waals surface area contributed by atoms with Gasteiger partial charge in [0.05, 0.1) is 12.7 Å². The second-order valence-corrected chi connectivity index (χ2v) is 7.75. The van der Waals surface area contributed by atoms with Crippen LogP contribution in [0.2, 0.25) is 0 Å². The van der Waals surface area contributed by atoms with Crippen LogP contribution >= 0.6 is 0 Å². The van der Waals surface area contributed by atoms with Crippen molar-refractivity contribution in [1.29, 1.82) is 0 Å². The van der Waals surface area contributed by atoms with Crippen LogP contribution in [0.15, 0.2) is 54.6 Å². The number of esters is 1. The molecular formula is C26H28O4. The van der Waals surface area contributed by atoms with Crippen molar-refractivity contribution >= 4 is 5.97 Å². The summed E-state index contributed by atoms with van der Waals surface area (Å²) in [6.45, 7) is 9.06. The molecular weight excluding hydrogens is 376 g/mol. The number of rotatable bonds is 7. The fraction of sp³-hybridized carbons (Fsp3) is 0.269. The van der Waals surface area contributed by atoms with Gasteiger partial charge in [0, 0.05) is 6.07 Å². The molecule has 0 aliphatic heterocycles. The first-order valence-electron chi connectivity index (χ1n) is 9.96. The Labute approximate surface area is 178 Å². The molecule has 0 spiro atoms. The monoisotopic (exact) mass is 404 g/mol. The average molecular weight is 405 g/mol. The quantitative estimate of drug-likeness (QED) is 0.462. The molecule has 0 atom stereocenters. The zero-order valence-electron chi connectivity index (χ0n) is 18.2. The van der Waals surface area contributed by atoms with Gasteiger partial charge in [-0.25, -0.2) is 4.79 Å². The first-order chi connectivity index (χ1) is 14.3. The first kappa shape index (κ1) is 21.4. The lowest BCUT2D eigenvalue weighted by atomic mass is 10.1. The van der Waals surface area contributed by atoms with Crippen LogP contribution in [-0.4, -0.2) is 13.1 Å². The summed E-state index contributed by atoms with van der Waals surface area (Å²) < 4.78 is 16.8. The number of carbonyl (C=O) groups is 1. The summed E-state index contributed by atoms with van der Waals surface area (Å²) in [4.78, 5) is 12.1. The minimum Gasteiger partial charge on any atom is -0.489 e. The maximum atomic E-state index is 12.1. The smallest absolute Gasteiger partial charge is 0.338 e. The summed E-state index contributed by atoms with van der Waals surface area (Å²) in [5.74, 6) is 0.697. The molecule has 0 unspecified atom stereocenters. The predicted octanol–water partition coefficient (Wildman–Crippen LogP) is 5.86. The van der Waals surface area contributed by atoms with E-state index in [9.17, 15) is 4.79 Å². The highest BCUT2D eigenvalue weighted by Crippen LogP contribution is 2.26. The molecule has 0 amide bonds. The highest BCUT2D eigenvalue weighted by molar-refractivity contribution is 5.90. The summed E-state index contributed by atoms with van der Waals surface area (Å²) in [5.41, 5.74) is 7.31. The van der Waals surface area contributed by atoms with E-state index in [4.69, 9.17) is 14.2 Å². The molecule has 0 N–H and O–H groups in total. The molecule has 0 aliphatic rings. The normalized spacial score (nSPS) is 10.6. The second-order valence-electron chi connectivity index (χ2n) is 7.75. The molecule has 3 rings (SSSR count). The molecule has 4 nitrogen and oxygen atoms in total. The molecule has 0 saturated heterocycles. The Hall–Kier alpha value is -3.27. The van der Waals surface area contributed by atoms with Gasteiger partial charge >= 0.3 is 5.97 Å².